The summed E-state index contributed by atoms with van der Waals surface area (Å²) < 4.78 is 0. The molecular formula is C24H24N4O3. The van der Waals surface area contributed by atoms with Gasteiger partial charge in [0, 0.05) is 19.7 Å². The van der Waals surface area contributed by atoms with Gasteiger partial charge in [0.1, 0.15) is 5.82 Å². The molecule has 1 aromatic heterocycles. The van der Waals surface area contributed by atoms with E-state index in [-0.39, 0.29) is 36.4 Å². The molecule has 31 heavy (non-hydrogen) atoms. The fourth-order valence-electron chi connectivity index (χ4n) is 3.97. The van der Waals surface area contributed by atoms with Crippen LogP contribution in [-0.4, -0.2) is 38.1 Å². The van der Waals surface area contributed by atoms with Crippen LogP contribution in [0.5, 0.6) is 0 Å². The summed E-state index contributed by atoms with van der Waals surface area (Å²) in [5.74, 6) is 0.207. The monoisotopic (exact) mass is 416 g/mol. The van der Waals surface area contributed by atoms with E-state index < -0.39 is 0 Å². The van der Waals surface area contributed by atoms with E-state index in [4.69, 9.17) is 0 Å². The Hall–Kier alpha value is -3.74. The van der Waals surface area contributed by atoms with E-state index in [2.05, 4.69) is 9.97 Å². The van der Waals surface area contributed by atoms with Gasteiger partial charge in [0.2, 0.25) is 11.8 Å². The summed E-state index contributed by atoms with van der Waals surface area (Å²) in [4.78, 5) is 48.3. The number of hydrogen-bond acceptors (Lipinski definition) is 4. The number of H-pyrrole nitrogens is 1. The third-order valence-electron chi connectivity index (χ3n) is 5.57. The van der Waals surface area contributed by atoms with E-state index in [1.165, 1.54) is 6.92 Å². The normalized spacial score (nSPS) is 15.0. The van der Waals surface area contributed by atoms with Crippen molar-refractivity contribution in [2.75, 3.05) is 6.54 Å². The topological polar surface area (TPSA) is 86.4 Å². The molecule has 0 bridgehead atoms. The number of aromatic nitrogens is 2. The molecular weight excluding hydrogens is 392 g/mol. The predicted octanol–water partition coefficient (Wildman–Crippen LogP) is 3.24. The zero-order chi connectivity index (χ0) is 22.0. The second kappa shape index (κ2) is 8.55. The fourth-order valence-corrected chi connectivity index (χ4v) is 3.97. The number of aromatic amines is 1. The van der Waals surface area contributed by atoms with Gasteiger partial charge in [-0.25, -0.2) is 4.98 Å². The molecule has 4 rings (SSSR count). The van der Waals surface area contributed by atoms with Gasteiger partial charge in [0.15, 0.2) is 0 Å². The van der Waals surface area contributed by atoms with Crippen molar-refractivity contribution in [2.45, 2.75) is 32.9 Å². The lowest BCUT2D eigenvalue weighted by Crippen LogP contribution is -2.37. The van der Waals surface area contributed by atoms with Crippen LogP contribution >= 0.6 is 0 Å². The number of benzene rings is 2. The minimum atomic E-state index is -0.371. The van der Waals surface area contributed by atoms with Crippen LogP contribution in [0.15, 0.2) is 59.5 Å². The summed E-state index contributed by atoms with van der Waals surface area (Å²) in [5, 5.41) is 0.517. The molecule has 7 heteroatoms. The maximum atomic E-state index is 13.2. The summed E-state index contributed by atoms with van der Waals surface area (Å²) >= 11 is 0. The fraction of sp³-hybridized carbons (Fsp3) is 0.250. The molecule has 0 saturated heterocycles. The van der Waals surface area contributed by atoms with Crippen molar-refractivity contribution >= 4 is 28.8 Å². The smallest absolute Gasteiger partial charge is 0.258 e. The SMILES string of the molecule is CCN(Cc1nc2ccccc2c(=O)[nH]1)C(=O)CC1c2ccccc2C=CN1C(C)=O. The standard InChI is InChI=1S/C24H24N4O3/c1-3-27(15-22-25-20-11-7-6-10-19(20)24(31)26-22)23(30)14-21-18-9-5-4-8-17(18)12-13-28(21)16(2)29/h4-13,21H,3,14-15H2,1-2H3,(H,25,26,31). The number of amides is 2. The molecule has 2 heterocycles. The molecule has 1 N–H and O–H groups in total. The number of carbonyl (C=O) groups excluding carboxylic acids is 2. The Morgan fingerprint density at radius 1 is 1.13 bits per heavy atom. The number of carbonyl (C=O) groups is 2. The Balaban J connectivity index is 1.58. The molecule has 3 aromatic rings. The van der Waals surface area contributed by atoms with E-state index in [0.717, 1.165) is 11.1 Å². The van der Waals surface area contributed by atoms with Gasteiger partial charge in [-0.1, -0.05) is 36.4 Å². The van der Waals surface area contributed by atoms with Gasteiger partial charge in [-0.2, -0.15) is 0 Å². The molecule has 158 valence electrons. The van der Waals surface area contributed by atoms with Crippen molar-refractivity contribution < 1.29 is 9.59 Å². The summed E-state index contributed by atoms with van der Waals surface area (Å²) in [5.41, 5.74) is 2.32. The highest BCUT2D eigenvalue weighted by atomic mass is 16.2. The quantitative estimate of drug-likeness (QED) is 0.692. The Bertz CT molecular complexity index is 1230. The van der Waals surface area contributed by atoms with Crippen molar-refractivity contribution in [3.63, 3.8) is 0 Å². The maximum Gasteiger partial charge on any atom is 0.258 e. The van der Waals surface area contributed by atoms with Crippen LogP contribution in [0.1, 0.15) is 43.3 Å². The molecule has 2 amide bonds. The predicted molar refractivity (Wildman–Crippen MR) is 119 cm³/mol. The molecule has 0 aliphatic carbocycles. The minimum Gasteiger partial charge on any atom is -0.335 e. The lowest BCUT2D eigenvalue weighted by atomic mass is 9.93. The Kier molecular flexibility index (Phi) is 5.66. The first-order chi connectivity index (χ1) is 15.0. The van der Waals surface area contributed by atoms with Crippen LogP contribution in [0.25, 0.3) is 17.0 Å². The van der Waals surface area contributed by atoms with E-state index in [9.17, 15) is 14.4 Å². The van der Waals surface area contributed by atoms with Gasteiger partial charge >= 0.3 is 0 Å². The summed E-state index contributed by atoms with van der Waals surface area (Å²) in [6, 6.07) is 14.5. The first-order valence-corrected chi connectivity index (χ1v) is 10.3. The van der Waals surface area contributed by atoms with Crippen LogP contribution in [0, 0.1) is 0 Å². The molecule has 0 fully saturated rings. The van der Waals surface area contributed by atoms with Gasteiger partial charge in [0.25, 0.3) is 5.56 Å². The first kappa shape index (κ1) is 20.5. The van der Waals surface area contributed by atoms with Crippen molar-refractivity contribution in [2.24, 2.45) is 0 Å². The molecule has 1 aliphatic rings. The lowest BCUT2D eigenvalue weighted by molar-refractivity contribution is -0.135. The molecule has 7 nitrogen and oxygen atoms in total. The Morgan fingerprint density at radius 2 is 1.87 bits per heavy atom. The van der Waals surface area contributed by atoms with Crippen LogP contribution in [0.3, 0.4) is 0 Å². The van der Waals surface area contributed by atoms with Crippen molar-refractivity contribution in [3.05, 3.63) is 82.0 Å². The third-order valence-corrected chi connectivity index (χ3v) is 5.57. The molecule has 2 aromatic carbocycles. The number of para-hydroxylation sites is 1. The lowest BCUT2D eigenvalue weighted by Gasteiger charge is -2.33. The van der Waals surface area contributed by atoms with Crippen LogP contribution in [-0.2, 0) is 16.1 Å². The Morgan fingerprint density at radius 3 is 2.65 bits per heavy atom. The number of nitrogens with zero attached hydrogens (tertiary/aromatic N) is 3. The van der Waals surface area contributed by atoms with Crippen molar-refractivity contribution in [1.82, 2.24) is 19.8 Å². The van der Waals surface area contributed by atoms with E-state index in [1.54, 1.807) is 34.2 Å². The zero-order valence-corrected chi connectivity index (χ0v) is 17.5. The number of hydrogen-bond donors (Lipinski definition) is 1. The average molecular weight is 416 g/mol. The van der Waals surface area contributed by atoms with E-state index in [0.29, 0.717) is 23.3 Å². The van der Waals surface area contributed by atoms with Gasteiger partial charge < -0.3 is 14.8 Å². The highest BCUT2D eigenvalue weighted by molar-refractivity contribution is 5.82. The third kappa shape index (κ3) is 4.12. The van der Waals surface area contributed by atoms with E-state index >= 15 is 0 Å². The van der Waals surface area contributed by atoms with E-state index in [1.807, 2.05) is 43.3 Å². The number of nitrogens with one attached hydrogen (secondary N) is 1. The van der Waals surface area contributed by atoms with Gasteiger partial charge in [-0.3, -0.25) is 14.4 Å². The second-order valence-corrected chi connectivity index (χ2v) is 7.53. The molecule has 1 aliphatic heterocycles. The molecule has 1 atom stereocenters. The average Bonchev–Trinajstić information content (AvgIpc) is 2.77. The molecule has 1 unspecified atom stereocenters. The molecule has 0 radical (unpaired) electrons. The summed E-state index contributed by atoms with van der Waals surface area (Å²) in [6.45, 7) is 4.03. The minimum absolute atomic E-state index is 0.111. The summed E-state index contributed by atoms with van der Waals surface area (Å²) in [7, 11) is 0. The van der Waals surface area contributed by atoms with Crippen LogP contribution < -0.4 is 5.56 Å². The molecule has 0 saturated carbocycles. The number of rotatable bonds is 5. The van der Waals surface area contributed by atoms with Crippen molar-refractivity contribution in [1.29, 1.82) is 0 Å². The summed E-state index contributed by atoms with van der Waals surface area (Å²) in [6.07, 6.45) is 3.77. The second-order valence-electron chi connectivity index (χ2n) is 7.53. The first-order valence-electron chi connectivity index (χ1n) is 10.3. The van der Waals surface area contributed by atoms with Crippen LogP contribution in [0.4, 0.5) is 0 Å². The van der Waals surface area contributed by atoms with Gasteiger partial charge in [0.05, 0.1) is 29.9 Å². The van der Waals surface area contributed by atoms with Gasteiger partial charge in [-0.05, 0) is 36.3 Å². The van der Waals surface area contributed by atoms with Crippen molar-refractivity contribution in [3.8, 4) is 0 Å². The van der Waals surface area contributed by atoms with Gasteiger partial charge in [-0.15, -0.1) is 0 Å². The molecule has 0 spiro atoms. The number of fused-ring (bicyclic) bond motifs is 2. The largest absolute Gasteiger partial charge is 0.335 e. The Labute approximate surface area is 180 Å². The highest BCUT2D eigenvalue weighted by Gasteiger charge is 2.29. The maximum absolute atomic E-state index is 13.2. The highest BCUT2D eigenvalue weighted by Crippen LogP contribution is 2.33. The zero-order valence-electron chi connectivity index (χ0n) is 17.5. The van der Waals surface area contributed by atoms with Crippen LogP contribution in [0.2, 0.25) is 0 Å².